The van der Waals surface area contributed by atoms with Crippen LogP contribution in [0, 0.1) is 18.3 Å². The molecule has 0 aliphatic rings. The van der Waals surface area contributed by atoms with Crippen LogP contribution in [0.15, 0.2) is 18.5 Å². The third-order valence-corrected chi connectivity index (χ3v) is 3.17. The first kappa shape index (κ1) is 12.9. The molecule has 0 bridgehead atoms. The fourth-order valence-corrected chi connectivity index (χ4v) is 1.41. The Labute approximate surface area is 98.1 Å². The molecular weight excluding hydrogens is 198 g/mol. The molecule has 0 aliphatic heterocycles. The zero-order valence-electron chi connectivity index (χ0n) is 10.9. The van der Waals surface area contributed by atoms with Gasteiger partial charge in [0.15, 0.2) is 5.78 Å². The maximum absolute atomic E-state index is 12.0. The standard InChI is InChI=1S/C14H21NO/c1-10-6-12(9-15-8-10)13(16)7-11(2)14(3,4)5/h6,8-9,11H,7H2,1-5H3. The predicted octanol–water partition coefficient (Wildman–Crippen LogP) is 3.65. The summed E-state index contributed by atoms with van der Waals surface area (Å²) in [4.78, 5) is 16.1. The molecule has 0 fully saturated rings. The summed E-state index contributed by atoms with van der Waals surface area (Å²) < 4.78 is 0. The molecule has 1 atom stereocenters. The molecular formula is C14H21NO. The van der Waals surface area contributed by atoms with Crippen LogP contribution in [-0.2, 0) is 0 Å². The quantitative estimate of drug-likeness (QED) is 0.726. The van der Waals surface area contributed by atoms with Crippen molar-refractivity contribution < 1.29 is 4.79 Å². The number of hydrogen-bond acceptors (Lipinski definition) is 2. The lowest BCUT2D eigenvalue weighted by Gasteiger charge is -2.26. The van der Waals surface area contributed by atoms with Gasteiger partial charge in [-0.25, -0.2) is 0 Å². The molecule has 0 amide bonds. The van der Waals surface area contributed by atoms with Gasteiger partial charge < -0.3 is 0 Å². The minimum absolute atomic E-state index is 0.174. The van der Waals surface area contributed by atoms with Crippen molar-refractivity contribution in [3.8, 4) is 0 Å². The molecule has 0 saturated heterocycles. The Morgan fingerprint density at radius 3 is 2.50 bits per heavy atom. The fraction of sp³-hybridized carbons (Fsp3) is 0.571. The summed E-state index contributed by atoms with van der Waals surface area (Å²) in [5.41, 5.74) is 1.94. The summed E-state index contributed by atoms with van der Waals surface area (Å²) in [6.07, 6.45) is 4.02. The molecule has 1 rings (SSSR count). The number of pyridine rings is 1. The largest absolute Gasteiger partial charge is 0.294 e. The molecule has 0 radical (unpaired) electrons. The smallest absolute Gasteiger partial charge is 0.164 e. The number of ketones is 1. The van der Waals surface area contributed by atoms with Crippen LogP contribution in [0.3, 0.4) is 0 Å². The Morgan fingerprint density at radius 1 is 1.38 bits per heavy atom. The normalized spacial score (nSPS) is 13.6. The highest BCUT2D eigenvalue weighted by Crippen LogP contribution is 2.29. The van der Waals surface area contributed by atoms with Gasteiger partial charge in [-0.15, -0.1) is 0 Å². The monoisotopic (exact) mass is 219 g/mol. The summed E-state index contributed by atoms with van der Waals surface area (Å²) in [6, 6.07) is 1.91. The molecule has 1 aromatic rings. The number of Topliss-reactive ketones (excluding diaryl/α,β-unsaturated/α-hetero) is 1. The van der Waals surface area contributed by atoms with E-state index in [1.807, 2.05) is 13.0 Å². The zero-order valence-corrected chi connectivity index (χ0v) is 10.9. The van der Waals surface area contributed by atoms with Crippen LogP contribution >= 0.6 is 0 Å². The minimum Gasteiger partial charge on any atom is -0.294 e. The molecule has 1 unspecified atom stereocenters. The Hall–Kier alpha value is -1.18. The number of hydrogen-bond donors (Lipinski definition) is 0. The van der Waals surface area contributed by atoms with E-state index in [-0.39, 0.29) is 11.2 Å². The molecule has 0 spiro atoms. The molecule has 0 aliphatic carbocycles. The Kier molecular flexibility index (Phi) is 3.84. The Morgan fingerprint density at radius 2 is 2.00 bits per heavy atom. The molecule has 0 N–H and O–H groups in total. The van der Waals surface area contributed by atoms with E-state index in [1.165, 1.54) is 0 Å². The van der Waals surface area contributed by atoms with E-state index >= 15 is 0 Å². The van der Waals surface area contributed by atoms with Crippen molar-refractivity contribution in [2.24, 2.45) is 11.3 Å². The van der Waals surface area contributed by atoms with E-state index in [1.54, 1.807) is 12.4 Å². The van der Waals surface area contributed by atoms with Crippen molar-refractivity contribution in [2.75, 3.05) is 0 Å². The van der Waals surface area contributed by atoms with Gasteiger partial charge in [-0.3, -0.25) is 9.78 Å². The van der Waals surface area contributed by atoms with Crippen molar-refractivity contribution in [3.63, 3.8) is 0 Å². The Bertz CT molecular complexity index is 377. The summed E-state index contributed by atoms with van der Waals surface area (Å²) in [6.45, 7) is 10.6. The highest BCUT2D eigenvalue weighted by Gasteiger charge is 2.23. The third-order valence-electron chi connectivity index (χ3n) is 3.17. The van der Waals surface area contributed by atoms with Gasteiger partial charge in [-0.05, 0) is 29.9 Å². The van der Waals surface area contributed by atoms with Crippen molar-refractivity contribution in [1.29, 1.82) is 0 Å². The van der Waals surface area contributed by atoms with E-state index in [4.69, 9.17) is 0 Å². The first-order valence-electron chi connectivity index (χ1n) is 5.75. The van der Waals surface area contributed by atoms with Gasteiger partial charge in [0, 0.05) is 24.4 Å². The van der Waals surface area contributed by atoms with Crippen LogP contribution in [0.25, 0.3) is 0 Å². The SMILES string of the molecule is Cc1cncc(C(=O)CC(C)C(C)(C)C)c1. The molecule has 0 aromatic carbocycles. The molecule has 88 valence electrons. The average Bonchev–Trinajstić information content (AvgIpc) is 2.16. The van der Waals surface area contributed by atoms with Crippen molar-refractivity contribution in [1.82, 2.24) is 4.98 Å². The second-order valence-electron chi connectivity index (χ2n) is 5.65. The van der Waals surface area contributed by atoms with Crippen LogP contribution in [0.1, 0.15) is 50.0 Å². The van der Waals surface area contributed by atoms with Crippen LogP contribution in [-0.4, -0.2) is 10.8 Å². The van der Waals surface area contributed by atoms with Gasteiger partial charge in [0.25, 0.3) is 0 Å². The first-order chi connectivity index (χ1) is 7.30. The van der Waals surface area contributed by atoms with Crippen LogP contribution < -0.4 is 0 Å². The maximum atomic E-state index is 12.0. The molecule has 16 heavy (non-hydrogen) atoms. The molecule has 1 aromatic heterocycles. The highest BCUT2D eigenvalue weighted by atomic mass is 16.1. The first-order valence-corrected chi connectivity index (χ1v) is 5.75. The summed E-state index contributed by atoms with van der Waals surface area (Å²) in [5.74, 6) is 0.569. The number of aromatic nitrogens is 1. The lowest BCUT2D eigenvalue weighted by Crippen LogP contribution is -2.20. The minimum atomic E-state index is 0.174. The van der Waals surface area contributed by atoms with Gasteiger partial charge in [-0.1, -0.05) is 27.7 Å². The molecule has 1 heterocycles. The van der Waals surface area contributed by atoms with Crippen molar-refractivity contribution in [2.45, 2.75) is 41.0 Å². The number of rotatable bonds is 3. The highest BCUT2D eigenvalue weighted by molar-refractivity contribution is 5.96. The summed E-state index contributed by atoms with van der Waals surface area (Å²) >= 11 is 0. The van der Waals surface area contributed by atoms with Gasteiger partial charge in [0.2, 0.25) is 0 Å². The number of carbonyl (C=O) groups is 1. The Balaban J connectivity index is 2.74. The van der Waals surface area contributed by atoms with E-state index in [0.29, 0.717) is 12.3 Å². The maximum Gasteiger partial charge on any atom is 0.164 e. The predicted molar refractivity (Wildman–Crippen MR) is 66.5 cm³/mol. The van der Waals surface area contributed by atoms with Crippen LogP contribution in [0.5, 0.6) is 0 Å². The molecule has 2 nitrogen and oxygen atoms in total. The van der Waals surface area contributed by atoms with E-state index in [9.17, 15) is 4.79 Å². The lowest BCUT2D eigenvalue weighted by atomic mass is 9.78. The zero-order chi connectivity index (χ0) is 12.3. The second kappa shape index (κ2) is 4.77. The van der Waals surface area contributed by atoms with Crippen molar-refractivity contribution in [3.05, 3.63) is 29.6 Å². The van der Waals surface area contributed by atoms with Gasteiger partial charge >= 0.3 is 0 Å². The van der Waals surface area contributed by atoms with E-state index in [0.717, 1.165) is 11.1 Å². The van der Waals surface area contributed by atoms with Gasteiger partial charge in [0.05, 0.1) is 0 Å². The molecule has 0 saturated carbocycles. The number of nitrogens with zero attached hydrogens (tertiary/aromatic N) is 1. The van der Waals surface area contributed by atoms with Gasteiger partial charge in [0.1, 0.15) is 0 Å². The van der Waals surface area contributed by atoms with Crippen LogP contribution in [0.2, 0.25) is 0 Å². The van der Waals surface area contributed by atoms with Crippen molar-refractivity contribution >= 4 is 5.78 Å². The number of carbonyl (C=O) groups excluding carboxylic acids is 1. The topological polar surface area (TPSA) is 30.0 Å². The lowest BCUT2D eigenvalue weighted by molar-refractivity contribution is 0.0927. The third kappa shape index (κ3) is 3.44. The second-order valence-corrected chi connectivity index (χ2v) is 5.65. The van der Waals surface area contributed by atoms with Gasteiger partial charge in [-0.2, -0.15) is 0 Å². The fourth-order valence-electron chi connectivity index (χ4n) is 1.41. The van der Waals surface area contributed by atoms with E-state index < -0.39 is 0 Å². The average molecular weight is 219 g/mol. The van der Waals surface area contributed by atoms with E-state index in [2.05, 4.69) is 32.7 Å². The van der Waals surface area contributed by atoms with Crippen LogP contribution in [0.4, 0.5) is 0 Å². The summed E-state index contributed by atoms with van der Waals surface area (Å²) in [7, 11) is 0. The molecule has 2 heteroatoms. The number of aryl methyl sites for hydroxylation is 1. The summed E-state index contributed by atoms with van der Waals surface area (Å²) in [5, 5.41) is 0.